The third kappa shape index (κ3) is 5.07. The van der Waals surface area contributed by atoms with E-state index in [9.17, 15) is 32.3 Å². The predicted octanol–water partition coefficient (Wildman–Crippen LogP) is 6.57. The van der Waals surface area contributed by atoms with Gasteiger partial charge in [0, 0.05) is 11.3 Å². The van der Waals surface area contributed by atoms with Gasteiger partial charge in [-0.2, -0.15) is 13.2 Å². The number of alkyl halides is 3. The van der Waals surface area contributed by atoms with E-state index in [1.54, 1.807) is 25.1 Å². The fourth-order valence-corrected chi connectivity index (χ4v) is 4.20. The first-order chi connectivity index (χ1) is 17.5. The van der Waals surface area contributed by atoms with E-state index in [0.29, 0.717) is 23.5 Å². The van der Waals surface area contributed by atoms with Gasteiger partial charge in [-0.25, -0.2) is 4.39 Å². The molecule has 0 aliphatic carbocycles. The van der Waals surface area contributed by atoms with Crippen LogP contribution in [0.3, 0.4) is 0 Å². The molecule has 5 nitrogen and oxygen atoms in total. The number of nitrogens with zero attached hydrogens (tertiary/aromatic N) is 1. The molecule has 1 N–H and O–H groups in total. The summed E-state index contributed by atoms with van der Waals surface area (Å²) in [4.78, 5) is 27.3. The van der Waals surface area contributed by atoms with Gasteiger partial charge in [0.15, 0.2) is 0 Å². The molecule has 0 spiro atoms. The summed E-state index contributed by atoms with van der Waals surface area (Å²) in [5.41, 5.74) is 0.0569. The van der Waals surface area contributed by atoms with Crippen LogP contribution < -0.4 is 9.64 Å². The molecule has 3 aromatic carbocycles. The minimum atomic E-state index is -4.59. The van der Waals surface area contributed by atoms with Crippen molar-refractivity contribution in [2.45, 2.75) is 32.5 Å². The SMILES string of the molecule is CCCOc1ccc(/C(O)=C2/C(=O)C(=O)N(c3ccc(C(F)(F)F)cc3)C2c2ccc(F)cc2)cc1C. The Balaban J connectivity index is 1.85. The van der Waals surface area contributed by atoms with Crippen LogP contribution >= 0.6 is 0 Å². The van der Waals surface area contributed by atoms with Gasteiger partial charge in [0.2, 0.25) is 0 Å². The van der Waals surface area contributed by atoms with Gasteiger partial charge in [-0.3, -0.25) is 14.5 Å². The predicted molar refractivity (Wildman–Crippen MR) is 130 cm³/mol. The average molecular weight is 513 g/mol. The fourth-order valence-electron chi connectivity index (χ4n) is 4.20. The van der Waals surface area contributed by atoms with Crippen LogP contribution in [0.15, 0.2) is 72.3 Å². The summed E-state index contributed by atoms with van der Waals surface area (Å²) in [7, 11) is 0. The third-order valence-electron chi connectivity index (χ3n) is 6.01. The first-order valence-corrected chi connectivity index (χ1v) is 11.5. The molecule has 1 heterocycles. The van der Waals surface area contributed by atoms with E-state index >= 15 is 0 Å². The molecule has 1 unspecified atom stereocenters. The molecule has 1 amide bonds. The normalized spacial score (nSPS) is 17.4. The van der Waals surface area contributed by atoms with E-state index in [2.05, 4.69) is 0 Å². The second-order valence-corrected chi connectivity index (χ2v) is 8.59. The van der Waals surface area contributed by atoms with Crippen LogP contribution in [0, 0.1) is 12.7 Å². The van der Waals surface area contributed by atoms with Crippen molar-refractivity contribution < 1.29 is 37.0 Å². The van der Waals surface area contributed by atoms with E-state index in [0.717, 1.165) is 47.7 Å². The second kappa shape index (κ2) is 10.1. The van der Waals surface area contributed by atoms with Crippen LogP contribution in [-0.2, 0) is 15.8 Å². The number of carbonyl (C=O) groups excluding carboxylic acids is 2. The number of hydrogen-bond acceptors (Lipinski definition) is 4. The molecular weight excluding hydrogens is 490 g/mol. The van der Waals surface area contributed by atoms with Gasteiger partial charge in [0.05, 0.1) is 23.8 Å². The Morgan fingerprint density at radius 3 is 2.22 bits per heavy atom. The lowest BCUT2D eigenvalue weighted by Gasteiger charge is -2.25. The van der Waals surface area contributed by atoms with Crippen LogP contribution in [0.4, 0.5) is 23.2 Å². The molecule has 192 valence electrons. The highest BCUT2D eigenvalue weighted by molar-refractivity contribution is 6.51. The van der Waals surface area contributed by atoms with Crippen molar-refractivity contribution in [3.8, 4) is 5.75 Å². The summed E-state index contributed by atoms with van der Waals surface area (Å²) in [5.74, 6) is -2.48. The monoisotopic (exact) mass is 513 g/mol. The van der Waals surface area contributed by atoms with Crippen molar-refractivity contribution >= 4 is 23.1 Å². The van der Waals surface area contributed by atoms with E-state index < -0.39 is 41.0 Å². The molecule has 37 heavy (non-hydrogen) atoms. The summed E-state index contributed by atoms with van der Waals surface area (Å²) in [5, 5.41) is 11.2. The van der Waals surface area contributed by atoms with Crippen molar-refractivity contribution in [3.05, 3.63) is 100 Å². The molecule has 1 aliphatic heterocycles. The highest BCUT2D eigenvalue weighted by atomic mass is 19.4. The number of halogens is 4. The fraction of sp³-hybridized carbons (Fsp3) is 0.214. The van der Waals surface area contributed by atoms with E-state index in [1.165, 1.54) is 12.1 Å². The third-order valence-corrected chi connectivity index (χ3v) is 6.01. The summed E-state index contributed by atoms with van der Waals surface area (Å²) in [6.45, 7) is 4.22. The number of anilines is 1. The van der Waals surface area contributed by atoms with Gasteiger partial charge in [0.25, 0.3) is 11.7 Å². The topological polar surface area (TPSA) is 66.8 Å². The number of ether oxygens (including phenoxy) is 1. The van der Waals surface area contributed by atoms with Crippen molar-refractivity contribution in [2.75, 3.05) is 11.5 Å². The molecular formula is C28H23F4NO4. The zero-order valence-corrected chi connectivity index (χ0v) is 20.0. The Kier molecular flexibility index (Phi) is 7.07. The number of rotatable bonds is 6. The van der Waals surface area contributed by atoms with Crippen molar-refractivity contribution in [1.82, 2.24) is 0 Å². The Morgan fingerprint density at radius 1 is 1.00 bits per heavy atom. The minimum absolute atomic E-state index is 0.0166. The molecule has 9 heteroatoms. The molecule has 1 saturated heterocycles. The van der Waals surface area contributed by atoms with Crippen molar-refractivity contribution in [3.63, 3.8) is 0 Å². The lowest BCUT2D eigenvalue weighted by atomic mass is 9.94. The van der Waals surface area contributed by atoms with Crippen LogP contribution in [0.1, 0.15) is 41.6 Å². The van der Waals surface area contributed by atoms with E-state index in [1.807, 2.05) is 6.92 Å². The standard InChI is InChI=1S/C28H23F4NO4/c1-3-14-37-22-13-6-18(15-16(22)2)25(34)23-24(17-4-9-20(29)10-5-17)33(27(36)26(23)35)21-11-7-19(8-12-21)28(30,31)32/h4-13,15,24,34H,3,14H2,1-2H3/b25-23-. The molecule has 1 atom stereocenters. The summed E-state index contributed by atoms with van der Waals surface area (Å²) >= 11 is 0. The maximum Gasteiger partial charge on any atom is 0.416 e. The number of aryl methyl sites for hydroxylation is 1. The number of amides is 1. The van der Waals surface area contributed by atoms with Crippen molar-refractivity contribution in [2.24, 2.45) is 0 Å². The number of carbonyl (C=O) groups is 2. The van der Waals surface area contributed by atoms with Gasteiger partial charge in [-0.15, -0.1) is 0 Å². The van der Waals surface area contributed by atoms with Gasteiger partial charge < -0.3 is 9.84 Å². The smallest absolute Gasteiger partial charge is 0.416 e. The van der Waals surface area contributed by atoms with Crippen LogP contribution in [0.5, 0.6) is 5.75 Å². The Labute approximate surface area is 210 Å². The molecule has 3 aromatic rings. The number of ketones is 1. The molecule has 1 aliphatic rings. The lowest BCUT2D eigenvalue weighted by molar-refractivity contribution is -0.137. The minimum Gasteiger partial charge on any atom is -0.507 e. The highest BCUT2D eigenvalue weighted by Crippen LogP contribution is 2.43. The first kappa shape index (κ1) is 25.9. The Hall–Kier alpha value is -4.14. The Morgan fingerprint density at radius 2 is 1.65 bits per heavy atom. The van der Waals surface area contributed by atoms with Gasteiger partial charge in [-0.05, 0) is 79.1 Å². The molecule has 0 radical (unpaired) electrons. The largest absolute Gasteiger partial charge is 0.507 e. The maximum atomic E-state index is 13.7. The maximum absolute atomic E-state index is 13.7. The zero-order valence-electron chi connectivity index (χ0n) is 20.0. The number of hydrogen-bond donors (Lipinski definition) is 1. The average Bonchev–Trinajstić information content (AvgIpc) is 3.13. The summed E-state index contributed by atoms with van der Waals surface area (Å²) in [6.07, 6.45) is -3.79. The highest BCUT2D eigenvalue weighted by Gasteiger charge is 2.47. The van der Waals surface area contributed by atoms with Crippen LogP contribution in [0.2, 0.25) is 0 Å². The second-order valence-electron chi connectivity index (χ2n) is 8.59. The number of benzene rings is 3. The van der Waals surface area contributed by atoms with E-state index in [-0.39, 0.29) is 16.8 Å². The quantitative estimate of drug-likeness (QED) is 0.175. The molecule has 0 saturated carbocycles. The summed E-state index contributed by atoms with van der Waals surface area (Å²) in [6, 6.07) is 12.3. The number of aliphatic hydroxyl groups excluding tert-OH is 1. The zero-order chi connectivity index (χ0) is 26.9. The molecule has 1 fully saturated rings. The molecule has 0 aromatic heterocycles. The number of aliphatic hydroxyl groups is 1. The molecule has 0 bridgehead atoms. The van der Waals surface area contributed by atoms with Gasteiger partial charge >= 0.3 is 6.18 Å². The van der Waals surface area contributed by atoms with Gasteiger partial charge in [0.1, 0.15) is 17.3 Å². The summed E-state index contributed by atoms with van der Waals surface area (Å²) < 4.78 is 58.6. The van der Waals surface area contributed by atoms with Crippen LogP contribution in [-0.4, -0.2) is 23.4 Å². The molecule has 4 rings (SSSR count). The first-order valence-electron chi connectivity index (χ1n) is 11.5. The Bertz CT molecular complexity index is 1360. The number of Topliss-reactive ketones (excluding diaryl/α,β-unsaturated/α-hetero) is 1. The lowest BCUT2D eigenvalue weighted by Crippen LogP contribution is -2.29. The van der Waals surface area contributed by atoms with Gasteiger partial charge in [-0.1, -0.05) is 19.1 Å². The van der Waals surface area contributed by atoms with Crippen molar-refractivity contribution in [1.29, 1.82) is 0 Å². The van der Waals surface area contributed by atoms with E-state index in [4.69, 9.17) is 4.74 Å². The van der Waals surface area contributed by atoms with Crippen LogP contribution in [0.25, 0.3) is 5.76 Å².